The van der Waals surface area contributed by atoms with E-state index in [0.717, 1.165) is 36.4 Å². The number of rotatable bonds is 20. The number of hydrogen-bond acceptors (Lipinski definition) is 2. The summed E-state index contributed by atoms with van der Waals surface area (Å²) in [7, 11) is -2.25. The molecule has 0 radical (unpaired) electrons. The maximum Gasteiger partial charge on any atom is 0.398 e. The van der Waals surface area contributed by atoms with Crippen LogP contribution in [-0.2, 0) is 4.43 Å². The highest BCUT2D eigenvalue weighted by atomic mass is 28.4. The molecule has 0 spiro atoms. The Morgan fingerprint density at radius 2 is 1.06 bits per heavy atom. The van der Waals surface area contributed by atoms with Crippen LogP contribution >= 0.6 is 0 Å². The smallest absolute Gasteiger partial charge is 0.398 e. The van der Waals surface area contributed by atoms with E-state index in [1.807, 2.05) is 0 Å². The average Bonchev–Trinajstić information content (AvgIpc) is 2.89. The molecule has 34 heavy (non-hydrogen) atoms. The first-order valence-corrected chi connectivity index (χ1v) is 16.4. The van der Waals surface area contributed by atoms with Crippen molar-refractivity contribution >= 4 is 8.56 Å². The van der Waals surface area contributed by atoms with Crippen molar-refractivity contribution in [3.05, 3.63) is 54.6 Å². The summed E-state index contributed by atoms with van der Waals surface area (Å²) < 4.78 is 13.3. The molecule has 2 rings (SSSR count). The predicted octanol–water partition coefficient (Wildman–Crippen LogP) is 10.3. The second-order valence-corrected chi connectivity index (χ2v) is 13.4. The Kier molecular flexibility index (Phi) is 15.0. The molecule has 0 fully saturated rings. The predicted molar refractivity (Wildman–Crippen MR) is 151 cm³/mol. The summed E-state index contributed by atoms with van der Waals surface area (Å²) in [6.45, 7) is 7.58. The third-order valence-electron chi connectivity index (χ3n) is 6.96. The summed E-state index contributed by atoms with van der Waals surface area (Å²) in [6.07, 6.45) is 17.9. The lowest BCUT2D eigenvalue weighted by atomic mass is 10.0. The first kappa shape index (κ1) is 28.7. The van der Waals surface area contributed by atoms with Crippen LogP contribution in [0.1, 0.15) is 104 Å². The average molecular weight is 483 g/mol. The highest BCUT2D eigenvalue weighted by molar-refractivity contribution is 6.68. The minimum atomic E-state index is -2.25. The van der Waals surface area contributed by atoms with E-state index < -0.39 is 8.56 Å². The lowest BCUT2D eigenvalue weighted by Gasteiger charge is -2.30. The van der Waals surface area contributed by atoms with E-state index >= 15 is 0 Å². The van der Waals surface area contributed by atoms with Gasteiger partial charge >= 0.3 is 8.56 Å². The van der Waals surface area contributed by atoms with Crippen molar-refractivity contribution in [1.82, 2.24) is 0 Å². The molecule has 0 unspecified atom stereocenters. The molecular weight excluding hydrogens is 432 g/mol. The molecular formula is C31H50O2Si. The molecule has 0 saturated heterocycles. The molecule has 190 valence electrons. The van der Waals surface area contributed by atoms with Crippen LogP contribution < -0.4 is 4.43 Å². The molecule has 0 bridgehead atoms. The molecule has 0 aromatic heterocycles. The molecule has 0 aliphatic heterocycles. The maximum absolute atomic E-state index is 6.72. The van der Waals surface area contributed by atoms with E-state index in [9.17, 15) is 0 Å². The van der Waals surface area contributed by atoms with Crippen LogP contribution in [0.15, 0.2) is 54.6 Å². The zero-order valence-electron chi connectivity index (χ0n) is 22.3. The Bertz CT molecular complexity index is 742. The summed E-state index contributed by atoms with van der Waals surface area (Å²) in [5.74, 6) is 0.967. The Labute approximate surface area is 211 Å². The lowest BCUT2D eigenvalue weighted by molar-refractivity contribution is 0.230. The van der Waals surface area contributed by atoms with Crippen LogP contribution in [-0.4, -0.2) is 15.2 Å². The molecule has 2 aromatic carbocycles. The van der Waals surface area contributed by atoms with E-state index in [2.05, 4.69) is 75.4 Å². The van der Waals surface area contributed by atoms with Gasteiger partial charge in [0.05, 0.1) is 0 Å². The molecule has 0 aliphatic carbocycles. The first-order chi connectivity index (χ1) is 16.7. The molecule has 0 atom stereocenters. The van der Waals surface area contributed by atoms with Gasteiger partial charge in [-0.2, -0.15) is 0 Å². The summed E-state index contributed by atoms with van der Waals surface area (Å²) in [4.78, 5) is 0. The van der Waals surface area contributed by atoms with Gasteiger partial charge in [-0.15, -0.1) is 0 Å². The number of unbranched alkanes of at least 4 members (excludes halogenated alkanes) is 12. The summed E-state index contributed by atoms with van der Waals surface area (Å²) in [5, 5.41) is 0. The van der Waals surface area contributed by atoms with E-state index in [4.69, 9.17) is 8.85 Å². The van der Waals surface area contributed by atoms with Gasteiger partial charge < -0.3 is 8.85 Å². The highest BCUT2D eigenvalue weighted by Crippen LogP contribution is 2.33. The van der Waals surface area contributed by atoms with Crippen molar-refractivity contribution in [3.8, 4) is 16.9 Å². The number of hydrogen-bond donors (Lipinski definition) is 0. The Morgan fingerprint density at radius 3 is 1.62 bits per heavy atom. The molecule has 2 aromatic rings. The minimum Gasteiger partial charge on any atom is -0.520 e. The molecule has 0 aliphatic rings. The van der Waals surface area contributed by atoms with Gasteiger partial charge in [0.15, 0.2) is 0 Å². The maximum atomic E-state index is 6.72. The molecule has 3 heteroatoms. The highest BCUT2D eigenvalue weighted by Gasteiger charge is 2.36. The Morgan fingerprint density at radius 1 is 0.559 bits per heavy atom. The van der Waals surface area contributed by atoms with Gasteiger partial charge in [-0.1, -0.05) is 146 Å². The van der Waals surface area contributed by atoms with Gasteiger partial charge in [0.2, 0.25) is 0 Å². The quantitative estimate of drug-likeness (QED) is 0.138. The van der Waals surface area contributed by atoms with Crippen molar-refractivity contribution in [2.45, 2.75) is 116 Å². The van der Waals surface area contributed by atoms with Gasteiger partial charge in [0.1, 0.15) is 5.75 Å². The molecule has 0 saturated carbocycles. The van der Waals surface area contributed by atoms with E-state index in [-0.39, 0.29) is 0 Å². The zero-order chi connectivity index (χ0) is 24.3. The molecule has 0 N–H and O–H groups in total. The van der Waals surface area contributed by atoms with E-state index in [1.54, 1.807) is 0 Å². The first-order valence-electron chi connectivity index (χ1n) is 14.2. The second-order valence-electron chi connectivity index (χ2n) is 9.67. The fourth-order valence-corrected chi connectivity index (χ4v) is 6.97. The minimum absolute atomic E-state index is 0.833. The third-order valence-corrected chi connectivity index (χ3v) is 10.4. The lowest BCUT2D eigenvalue weighted by Crippen LogP contribution is -2.44. The van der Waals surface area contributed by atoms with Crippen molar-refractivity contribution in [3.63, 3.8) is 0 Å². The Balaban J connectivity index is 1.66. The third kappa shape index (κ3) is 10.8. The standard InChI is InChI=1S/C31H50O2Si/c1-4-7-8-9-10-11-12-13-14-15-16-17-23-28-32-34(5-2,6-3)33-31-27-22-21-26-30(31)29-24-19-18-20-25-29/h18-22,24-27H,4-17,23,28H2,1-3H3. The van der Waals surface area contributed by atoms with Crippen molar-refractivity contribution in [2.24, 2.45) is 0 Å². The molecule has 0 amide bonds. The number of para-hydroxylation sites is 1. The van der Waals surface area contributed by atoms with Crippen LogP contribution in [0.5, 0.6) is 5.75 Å². The summed E-state index contributed by atoms with van der Waals surface area (Å²) >= 11 is 0. The number of benzene rings is 2. The Hall–Kier alpha value is -1.58. The molecule has 2 nitrogen and oxygen atoms in total. The van der Waals surface area contributed by atoms with Gasteiger partial charge in [0.25, 0.3) is 0 Å². The van der Waals surface area contributed by atoms with Crippen LogP contribution in [0.2, 0.25) is 12.1 Å². The van der Waals surface area contributed by atoms with Crippen molar-refractivity contribution in [2.75, 3.05) is 6.61 Å². The fourth-order valence-electron chi connectivity index (χ4n) is 4.62. The van der Waals surface area contributed by atoms with Crippen molar-refractivity contribution in [1.29, 1.82) is 0 Å². The zero-order valence-corrected chi connectivity index (χ0v) is 23.3. The van der Waals surface area contributed by atoms with Gasteiger partial charge in [-0.05, 0) is 30.1 Å². The largest absolute Gasteiger partial charge is 0.520 e. The topological polar surface area (TPSA) is 18.5 Å². The van der Waals surface area contributed by atoms with Crippen molar-refractivity contribution < 1.29 is 8.85 Å². The van der Waals surface area contributed by atoms with Gasteiger partial charge in [0, 0.05) is 12.2 Å². The molecule has 0 heterocycles. The summed E-state index contributed by atoms with van der Waals surface area (Å²) in [6, 6.07) is 20.9. The SMILES string of the molecule is CCCCCCCCCCCCCCCO[Si](CC)(CC)Oc1ccccc1-c1ccccc1. The normalized spacial score (nSPS) is 11.6. The van der Waals surface area contributed by atoms with Crippen LogP contribution in [0, 0.1) is 0 Å². The second kappa shape index (κ2) is 17.8. The van der Waals surface area contributed by atoms with Gasteiger partial charge in [-0.25, -0.2) is 0 Å². The van der Waals surface area contributed by atoms with Crippen LogP contribution in [0.3, 0.4) is 0 Å². The fraction of sp³-hybridized carbons (Fsp3) is 0.613. The van der Waals surface area contributed by atoms with Crippen LogP contribution in [0.25, 0.3) is 11.1 Å². The summed E-state index contributed by atoms with van der Waals surface area (Å²) in [5.41, 5.74) is 2.36. The van der Waals surface area contributed by atoms with Crippen LogP contribution in [0.4, 0.5) is 0 Å². The monoisotopic (exact) mass is 482 g/mol. The van der Waals surface area contributed by atoms with E-state index in [1.165, 1.54) is 82.6 Å². The van der Waals surface area contributed by atoms with E-state index in [0.29, 0.717) is 0 Å². The van der Waals surface area contributed by atoms with Gasteiger partial charge in [-0.3, -0.25) is 0 Å².